The van der Waals surface area contributed by atoms with E-state index in [0.717, 1.165) is 24.3 Å². The zero-order chi connectivity index (χ0) is 20.2. The van der Waals surface area contributed by atoms with Gasteiger partial charge in [0.2, 0.25) is 0 Å². The van der Waals surface area contributed by atoms with Gasteiger partial charge in [0.15, 0.2) is 0 Å². The van der Waals surface area contributed by atoms with Crippen molar-refractivity contribution in [3.63, 3.8) is 0 Å². The Morgan fingerprint density at radius 3 is 2.72 bits per heavy atom. The molecule has 1 aromatic heterocycles. The molecule has 0 N–H and O–H groups in total. The maximum absolute atomic E-state index is 5.13. The van der Waals surface area contributed by atoms with Crippen molar-refractivity contribution in [2.24, 2.45) is 17.8 Å². The standard InChI is InChI=1S/C26H36N2Si/c1-19-13-21-14-25-24(15-22(17-27-25)29(2,3)4)26(16-19)23(21)11-8-12-28(26)18-20-9-6-5-7-10-20/h5-7,9-10,15,17,19,21,23H,8,11-14,16,18H2,1-4H3/t19-,21+,23-,26-/m1/s1. The normalized spacial score (nSPS) is 31.8. The SMILES string of the molecule is C[C@@H]1C[C@H]2Cc3ncc([Si](C)(C)C)cc3[C@@]3(C1)[C@@H]2CCCN3Cc1ccccc1. The van der Waals surface area contributed by atoms with Crippen LogP contribution in [0.15, 0.2) is 42.6 Å². The third-order valence-corrected chi connectivity index (χ3v) is 10.0. The van der Waals surface area contributed by atoms with Gasteiger partial charge < -0.3 is 0 Å². The predicted octanol–water partition coefficient (Wildman–Crippen LogP) is 5.34. The maximum atomic E-state index is 5.13. The van der Waals surface area contributed by atoms with Crippen molar-refractivity contribution in [3.05, 3.63) is 59.4 Å². The summed E-state index contributed by atoms with van der Waals surface area (Å²) in [4.78, 5) is 8.01. The van der Waals surface area contributed by atoms with Crippen molar-refractivity contribution in [1.82, 2.24) is 9.88 Å². The lowest BCUT2D eigenvalue weighted by atomic mass is 9.53. The van der Waals surface area contributed by atoms with E-state index >= 15 is 0 Å². The molecule has 154 valence electrons. The fourth-order valence-corrected chi connectivity index (χ4v) is 7.82. The number of piperidine rings is 1. The number of rotatable bonds is 3. The summed E-state index contributed by atoms with van der Waals surface area (Å²) in [7, 11) is -1.39. The largest absolute Gasteiger partial charge is 0.289 e. The van der Waals surface area contributed by atoms with Gasteiger partial charge in [-0.15, -0.1) is 0 Å². The van der Waals surface area contributed by atoms with Gasteiger partial charge in [-0.2, -0.15) is 0 Å². The topological polar surface area (TPSA) is 16.1 Å². The highest BCUT2D eigenvalue weighted by atomic mass is 28.3. The van der Waals surface area contributed by atoms with Gasteiger partial charge in [-0.1, -0.05) is 63.0 Å². The van der Waals surface area contributed by atoms with Crippen molar-refractivity contribution in [2.45, 2.75) is 70.8 Å². The third-order valence-electron chi connectivity index (χ3n) is 8.03. The van der Waals surface area contributed by atoms with Crippen molar-refractivity contribution < 1.29 is 0 Å². The molecule has 0 amide bonds. The molecular weight excluding hydrogens is 368 g/mol. The lowest BCUT2D eigenvalue weighted by molar-refractivity contribution is -0.0967. The Hall–Kier alpha value is -1.45. The van der Waals surface area contributed by atoms with Crippen LogP contribution in [-0.4, -0.2) is 24.5 Å². The molecule has 2 fully saturated rings. The second kappa shape index (κ2) is 7.06. The Kier molecular flexibility index (Phi) is 4.75. The minimum absolute atomic E-state index is 0.201. The molecule has 2 nitrogen and oxygen atoms in total. The molecule has 29 heavy (non-hydrogen) atoms. The van der Waals surface area contributed by atoms with Gasteiger partial charge in [0.1, 0.15) is 0 Å². The monoisotopic (exact) mass is 404 g/mol. The Labute approximate surface area is 177 Å². The average molecular weight is 405 g/mol. The molecule has 0 radical (unpaired) electrons. The van der Waals surface area contributed by atoms with Crippen LogP contribution in [-0.2, 0) is 18.5 Å². The molecule has 2 aliphatic carbocycles. The summed E-state index contributed by atoms with van der Waals surface area (Å²) >= 11 is 0. The summed E-state index contributed by atoms with van der Waals surface area (Å²) in [5.74, 6) is 2.42. The molecular formula is C26H36N2Si. The van der Waals surface area contributed by atoms with Gasteiger partial charge in [0.25, 0.3) is 0 Å². The molecule has 0 unspecified atom stereocenters. The number of nitrogens with zero attached hydrogens (tertiary/aromatic N) is 2. The molecule has 1 aliphatic heterocycles. The molecule has 2 bridgehead atoms. The van der Waals surface area contributed by atoms with Crippen LogP contribution in [0.3, 0.4) is 0 Å². The average Bonchev–Trinajstić information content (AvgIpc) is 2.68. The zero-order valence-electron chi connectivity index (χ0n) is 18.6. The van der Waals surface area contributed by atoms with E-state index in [1.807, 2.05) is 0 Å². The minimum Gasteiger partial charge on any atom is -0.289 e. The van der Waals surface area contributed by atoms with Crippen molar-refractivity contribution >= 4 is 13.3 Å². The third kappa shape index (κ3) is 3.21. The van der Waals surface area contributed by atoms with E-state index in [0.29, 0.717) is 0 Å². The van der Waals surface area contributed by atoms with Gasteiger partial charge in [-0.25, -0.2) is 0 Å². The number of fused-ring (bicyclic) bond motifs is 1. The molecule has 5 rings (SSSR count). The number of hydrogen-bond donors (Lipinski definition) is 0. The number of benzene rings is 1. The quantitative estimate of drug-likeness (QED) is 0.642. The van der Waals surface area contributed by atoms with Crippen LogP contribution in [0.25, 0.3) is 0 Å². The van der Waals surface area contributed by atoms with Crippen LogP contribution >= 0.6 is 0 Å². The van der Waals surface area contributed by atoms with Gasteiger partial charge in [-0.3, -0.25) is 9.88 Å². The van der Waals surface area contributed by atoms with E-state index in [4.69, 9.17) is 4.98 Å². The van der Waals surface area contributed by atoms with E-state index in [9.17, 15) is 0 Å². The van der Waals surface area contributed by atoms with E-state index in [-0.39, 0.29) is 5.54 Å². The molecule has 3 heteroatoms. The molecule has 0 spiro atoms. The molecule has 3 aliphatic rings. The highest BCUT2D eigenvalue weighted by Crippen LogP contribution is 2.58. The molecule has 2 heterocycles. The first-order chi connectivity index (χ1) is 13.9. The van der Waals surface area contributed by atoms with E-state index in [2.05, 4.69) is 74.1 Å². The number of likely N-dealkylation sites (tertiary alicyclic amines) is 1. The van der Waals surface area contributed by atoms with Gasteiger partial charge >= 0.3 is 0 Å². The summed E-state index contributed by atoms with van der Waals surface area (Å²) in [6.45, 7) is 12.2. The molecule has 1 saturated heterocycles. The van der Waals surface area contributed by atoms with Gasteiger partial charge in [0, 0.05) is 18.4 Å². The van der Waals surface area contributed by atoms with E-state index in [1.165, 1.54) is 55.1 Å². The van der Waals surface area contributed by atoms with E-state index in [1.54, 1.807) is 5.56 Å². The first kappa shape index (κ1) is 19.5. The molecule has 1 saturated carbocycles. The van der Waals surface area contributed by atoms with Crippen LogP contribution < -0.4 is 5.19 Å². The highest BCUT2D eigenvalue weighted by Gasteiger charge is 2.57. The highest BCUT2D eigenvalue weighted by molar-refractivity contribution is 6.88. The second-order valence-corrected chi connectivity index (χ2v) is 16.1. The summed E-state index contributed by atoms with van der Waals surface area (Å²) < 4.78 is 0. The smallest absolute Gasteiger partial charge is 0.0796 e. The maximum Gasteiger partial charge on any atom is 0.0796 e. The Bertz CT molecular complexity index is 887. The van der Waals surface area contributed by atoms with Crippen LogP contribution in [0, 0.1) is 17.8 Å². The molecule has 2 aromatic rings. The predicted molar refractivity (Wildman–Crippen MR) is 124 cm³/mol. The lowest BCUT2D eigenvalue weighted by Gasteiger charge is -2.61. The Morgan fingerprint density at radius 2 is 1.97 bits per heavy atom. The molecule has 1 aromatic carbocycles. The number of pyridine rings is 1. The Balaban J connectivity index is 1.66. The van der Waals surface area contributed by atoms with Crippen molar-refractivity contribution in [1.29, 1.82) is 0 Å². The first-order valence-corrected chi connectivity index (χ1v) is 15.2. The van der Waals surface area contributed by atoms with Crippen LogP contribution in [0.2, 0.25) is 19.6 Å². The summed E-state index contributed by atoms with van der Waals surface area (Å²) in [5.41, 5.74) is 4.69. The number of aromatic nitrogens is 1. The van der Waals surface area contributed by atoms with Crippen LogP contribution in [0.1, 0.15) is 49.4 Å². The fourth-order valence-electron chi connectivity index (χ4n) is 6.80. The van der Waals surface area contributed by atoms with Crippen LogP contribution in [0.4, 0.5) is 0 Å². The van der Waals surface area contributed by atoms with Gasteiger partial charge in [-0.05, 0) is 72.7 Å². The number of hydrogen-bond acceptors (Lipinski definition) is 2. The fraction of sp³-hybridized carbons (Fsp3) is 0.577. The summed E-state index contributed by atoms with van der Waals surface area (Å²) in [6.07, 6.45) is 8.88. The molecule has 4 atom stereocenters. The summed E-state index contributed by atoms with van der Waals surface area (Å²) in [5, 5.41) is 1.53. The Morgan fingerprint density at radius 1 is 1.17 bits per heavy atom. The summed E-state index contributed by atoms with van der Waals surface area (Å²) in [6, 6.07) is 13.8. The second-order valence-electron chi connectivity index (χ2n) is 11.1. The van der Waals surface area contributed by atoms with Crippen LogP contribution in [0.5, 0.6) is 0 Å². The zero-order valence-corrected chi connectivity index (χ0v) is 19.6. The van der Waals surface area contributed by atoms with Crippen molar-refractivity contribution in [3.8, 4) is 0 Å². The lowest BCUT2D eigenvalue weighted by Crippen LogP contribution is -2.62. The van der Waals surface area contributed by atoms with E-state index < -0.39 is 8.07 Å². The van der Waals surface area contributed by atoms with Crippen molar-refractivity contribution in [2.75, 3.05) is 6.54 Å². The first-order valence-electron chi connectivity index (χ1n) is 11.7. The van der Waals surface area contributed by atoms with Gasteiger partial charge in [0.05, 0.1) is 13.6 Å². The minimum atomic E-state index is -1.39.